The third kappa shape index (κ3) is 9.60. The Labute approximate surface area is 215 Å². The van der Waals surface area contributed by atoms with Gasteiger partial charge in [-0.25, -0.2) is 19.9 Å². The number of aliphatic carboxylic acids is 1. The van der Waals surface area contributed by atoms with Crippen molar-refractivity contribution in [2.24, 2.45) is 0 Å². The van der Waals surface area contributed by atoms with Gasteiger partial charge in [-0.1, -0.05) is 5.92 Å². The van der Waals surface area contributed by atoms with Gasteiger partial charge in [-0.15, -0.1) is 6.42 Å². The molecule has 0 radical (unpaired) electrons. The SMILES string of the molecule is C#Cc1cnc(N2CCN(c3ncc(C(=O)NCCOCCOCCOCCC(=O)O)cn3)CC2)nc1. The molecule has 1 amide bonds. The molecule has 0 bridgehead atoms. The Kier molecular flexibility index (Phi) is 11.5. The van der Waals surface area contributed by atoms with Gasteiger partial charge in [0.05, 0.1) is 57.2 Å². The fourth-order valence-electron chi connectivity index (χ4n) is 3.31. The normalized spacial score (nSPS) is 13.3. The van der Waals surface area contributed by atoms with Crippen LogP contribution in [0.2, 0.25) is 0 Å². The summed E-state index contributed by atoms with van der Waals surface area (Å²) in [6, 6.07) is 0. The zero-order valence-corrected chi connectivity index (χ0v) is 20.5. The second kappa shape index (κ2) is 15.3. The zero-order valence-electron chi connectivity index (χ0n) is 20.5. The Bertz CT molecular complexity index is 1020. The minimum absolute atomic E-state index is 0.0244. The van der Waals surface area contributed by atoms with Crippen molar-refractivity contribution in [1.29, 1.82) is 0 Å². The van der Waals surface area contributed by atoms with Gasteiger partial charge in [-0.2, -0.15) is 0 Å². The molecule has 0 spiro atoms. The number of nitrogens with one attached hydrogen (secondary N) is 1. The highest BCUT2D eigenvalue weighted by molar-refractivity contribution is 5.93. The van der Waals surface area contributed by atoms with Gasteiger partial charge in [-0.05, 0) is 0 Å². The quantitative estimate of drug-likeness (QED) is 0.240. The summed E-state index contributed by atoms with van der Waals surface area (Å²) in [5.41, 5.74) is 1.02. The third-order valence-electron chi connectivity index (χ3n) is 5.29. The molecule has 1 aliphatic heterocycles. The molecule has 0 saturated carbocycles. The van der Waals surface area contributed by atoms with Gasteiger partial charge < -0.3 is 34.4 Å². The Morgan fingerprint density at radius 2 is 1.32 bits per heavy atom. The van der Waals surface area contributed by atoms with Crippen LogP contribution in [0, 0.1) is 12.3 Å². The van der Waals surface area contributed by atoms with E-state index in [1.807, 2.05) is 4.90 Å². The number of terminal acetylenes is 1. The van der Waals surface area contributed by atoms with Crippen LogP contribution in [0.15, 0.2) is 24.8 Å². The lowest BCUT2D eigenvalue weighted by atomic mass is 10.3. The van der Waals surface area contributed by atoms with E-state index in [0.29, 0.717) is 88.8 Å². The fraction of sp³-hybridized carbons (Fsp3) is 0.500. The van der Waals surface area contributed by atoms with E-state index in [0.717, 1.165) is 0 Å². The second-order valence-corrected chi connectivity index (χ2v) is 7.90. The van der Waals surface area contributed by atoms with Gasteiger partial charge in [0.2, 0.25) is 11.9 Å². The van der Waals surface area contributed by atoms with Crippen molar-refractivity contribution in [2.75, 3.05) is 82.2 Å². The molecule has 1 aliphatic rings. The van der Waals surface area contributed by atoms with Crippen LogP contribution in [0.3, 0.4) is 0 Å². The molecule has 1 saturated heterocycles. The molecule has 3 heterocycles. The molecule has 13 nitrogen and oxygen atoms in total. The van der Waals surface area contributed by atoms with Crippen molar-refractivity contribution >= 4 is 23.8 Å². The Balaban J connectivity index is 1.26. The molecule has 13 heteroatoms. The summed E-state index contributed by atoms with van der Waals surface area (Å²) in [6.07, 6.45) is 11.6. The number of anilines is 2. The maximum Gasteiger partial charge on any atom is 0.305 e. The minimum atomic E-state index is -0.892. The lowest BCUT2D eigenvalue weighted by Crippen LogP contribution is -2.47. The van der Waals surface area contributed by atoms with E-state index in [2.05, 4.69) is 36.1 Å². The highest BCUT2D eigenvalue weighted by atomic mass is 16.5. The second-order valence-electron chi connectivity index (χ2n) is 7.90. The van der Waals surface area contributed by atoms with Crippen molar-refractivity contribution < 1.29 is 28.9 Å². The summed E-state index contributed by atoms with van der Waals surface area (Å²) in [5.74, 6) is 2.55. The number of carboxylic acids is 1. The lowest BCUT2D eigenvalue weighted by Gasteiger charge is -2.34. The number of aromatic nitrogens is 4. The summed E-state index contributed by atoms with van der Waals surface area (Å²) in [4.78, 5) is 44.1. The molecule has 37 heavy (non-hydrogen) atoms. The average molecular weight is 514 g/mol. The molecule has 2 aromatic heterocycles. The van der Waals surface area contributed by atoms with Crippen LogP contribution in [-0.2, 0) is 19.0 Å². The molecule has 0 unspecified atom stereocenters. The summed E-state index contributed by atoms with van der Waals surface area (Å²) in [6.45, 7) is 5.11. The van der Waals surface area contributed by atoms with E-state index in [1.54, 1.807) is 12.4 Å². The molecule has 2 N–H and O–H groups in total. The summed E-state index contributed by atoms with van der Waals surface area (Å²) >= 11 is 0. The molecule has 1 fully saturated rings. The fourth-order valence-corrected chi connectivity index (χ4v) is 3.31. The maximum absolute atomic E-state index is 12.3. The van der Waals surface area contributed by atoms with Crippen LogP contribution >= 0.6 is 0 Å². The number of piperazine rings is 1. The first-order valence-electron chi connectivity index (χ1n) is 11.9. The van der Waals surface area contributed by atoms with Gasteiger partial charge in [0, 0.05) is 57.5 Å². The monoisotopic (exact) mass is 513 g/mol. The number of nitrogens with zero attached hydrogens (tertiary/aromatic N) is 6. The Morgan fingerprint density at radius 1 is 0.838 bits per heavy atom. The van der Waals surface area contributed by atoms with Gasteiger partial charge >= 0.3 is 5.97 Å². The number of amides is 1. The van der Waals surface area contributed by atoms with E-state index >= 15 is 0 Å². The third-order valence-corrected chi connectivity index (χ3v) is 5.29. The summed E-state index contributed by atoms with van der Waals surface area (Å²) in [7, 11) is 0. The maximum atomic E-state index is 12.3. The van der Waals surface area contributed by atoms with E-state index in [4.69, 9.17) is 25.7 Å². The Morgan fingerprint density at radius 3 is 1.84 bits per heavy atom. The lowest BCUT2D eigenvalue weighted by molar-refractivity contribution is -0.138. The Hall–Kier alpha value is -3.86. The molecule has 198 valence electrons. The zero-order chi connectivity index (χ0) is 26.3. The van der Waals surface area contributed by atoms with E-state index in [-0.39, 0.29) is 18.9 Å². The number of carbonyl (C=O) groups is 2. The predicted molar refractivity (Wildman–Crippen MR) is 133 cm³/mol. The summed E-state index contributed by atoms with van der Waals surface area (Å²) in [5, 5.41) is 11.3. The van der Waals surface area contributed by atoms with Gasteiger partial charge in [0.1, 0.15) is 0 Å². The smallest absolute Gasteiger partial charge is 0.305 e. The topological polar surface area (TPSA) is 152 Å². The standard InChI is InChI=1S/C24H31N7O6/c1-2-19-15-26-23(27-16-19)30-5-7-31(8-6-30)24-28-17-20(18-29-24)22(34)25-4-10-36-12-14-37-13-11-35-9-3-21(32)33/h1,15-18H,3-14H2,(H,25,34)(H,32,33). The average Bonchev–Trinajstić information content (AvgIpc) is 2.93. The molecule has 3 rings (SSSR count). The summed E-state index contributed by atoms with van der Waals surface area (Å²) < 4.78 is 15.8. The molecular weight excluding hydrogens is 482 g/mol. The van der Waals surface area contributed by atoms with Crippen LogP contribution in [0.25, 0.3) is 0 Å². The number of hydrogen-bond acceptors (Lipinski definition) is 11. The van der Waals surface area contributed by atoms with E-state index in [9.17, 15) is 9.59 Å². The number of ether oxygens (including phenoxy) is 3. The first kappa shape index (κ1) is 27.7. The number of rotatable bonds is 15. The van der Waals surface area contributed by atoms with Gasteiger partial charge in [-0.3, -0.25) is 9.59 Å². The first-order valence-corrected chi connectivity index (χ1v) is 11.9. The van der Waals surface area contributed by atoms with Gasteiger partial charge in [0.25, 0.3) is 5.91 Å². The first-order chi connectivity index (χ1) is 18.1. The molecule has 0 aromatic carbocycles. The predicted octanol–water partition coefficient (Wildman–Crippen LogP) is -0.171. The minimum Gasteiger partial charge on any atom is -0.481 e. The molecule has 2 aromatic rings. The van der Waals surface area contributed by atoms with E-state index < -0.39 is 5.97 Å². The van der Waals surface area contributed by atoms with Crippen LogP contribution in [-0.4, -0.2) is 109 Å². The molecular formula is C24H31N7O6. The van der Waals surface area contributed by atoms with Crippen LogP contribution in [0.5, 0.6) is 0 Å². The van der Waals surface area contributed by atoms with Crippen molar-refractivity contribution in [3.63, 3.8) is 0 Å². The largest absolute Gasteiger partial charge is 0.481 e. The van der Waals surface area contributed by atoms with Crippen LogP contribution < -0.4 is 15.1 Å². The van der Waals surface area contributed by atoms with E-state index in [1.165, 1.54) is 12.4 Å². The highest BCUT2D eigenvalue weighted by Gasteiger charge is 2.21. The van der Waals surface area contributed by atoms with Crippen molar-refractivity contribution in [3.8, 4) is 12.3 Å². The molecule has 0 aliphatic carbocycles. The van der Waals surface area contributed by atoms with Crippen molar-refractivity contribution in [1.82, 2.24) is 25.3 Å². The van der Waals surface area contributed by atoms with Crippen LogP contribution in [0.1, 0.15) is 22.3 Å². The number of carbonyl (C=O) groups excluding carboxylic acids is 1. The number of hydrogen-bond donors (Lipinski definition) is 2. The van der Waals surface area contributed by atoms with Crippen LogP contribution in [0.4, 0.5) is 11.9 Å². The van der Waals surface area contributed by atoms with Crippen molar-refractivity contribution in [3.05, 3.63) is 35.9 Å². The van der Waals surface area contributed by atoms with Crippen molar-refractivity contribution in [2.45, 2.75) is 6.42 Å². The van der Waals surface area contributed by atoms with Gasteiger partial charge in [0.15, 0.2) is 0 Å². The molecule has 0 atom stereocenters. The number of carboxylic acid groups (broad SMARTS) is 1. The highest BCUT2D eigenvalue weighted by Crippen LogP contribution is 2.14.